The second-order valence-electron chi connectivity index (χ2n) is 4.21. The molecular formula is C14H13N3. The Morgan fingerprint density at radius 3 is 2.18 bits per heavy atom. The van der Waals surface area contributed by atoms with Crippen LogP contribution in [0.1, 0.15) is 0 Å². The van der Waals surface area contributed by atoms with Gasteiger partial charge in [0.2, 0.25) is 0 Å². The predicted octanol–water partition coefficient (Wildman–Crippen LogP) is 2.64. The van der Waals surface area contributed by atoms with Crippen LogP contribution in [0.4, 0.5) is 17.1 Å². The zero-order valence-electron chi connectivity index (χ0n) is 9.27. The van der Waals surface area contributed by atoms with Crippen molar-refractivity contribution in [3.8, 4) is 22.3 Å². The van der Waals surface area contributed by atoms with Gasteiger partial charge in [0.15, 0.2) is 0 Å². The molecular weight excluding hydrogens is 210 g/mol. The smallest absolute Gasteiger partial charge is 0.0415 e. The Labute approximate surface area is 99.5 Å². The monoisotopic (exact) mass is 223 g/mol. The number of nitrogen functional groups attached to an aromatic ring is 3. The summed E-state index contributed by atoms with van der Waals surface area (Å²) in [6.45, 7) is 0. The van der Waals surface area contributed by atoms with Crippen molar-refractivity contribution in [2.45, 2.75) is 0 Å². The van der Waals surface area contributed by atoms with E-state index in [0.717, 1.165) is 27.9 Å². The van der Waals surface area contributed by atoms with Crippen LogP contribution in [0.3, 0.4) is 0 Å². The fraction of sp³-hybridized carbons (Fsp3) is 0. The Morgan fingerprint density at radius 1 is 0.588 bits per heavy atom. The Kier molecular flexibility index (Phi) is 1.89. The van der Waals surface area contributed by atoms with Crippen LogP contribution >= 0.6 is 0 Å². The van der Waals surface area contributed by atoms with Gasteiger partial charge in [0, 0.05) is 33.8 Å². The topological polar surface area (TPSA) is 78.1 Å². The highest BCUT2D eigenvalue weighted by Gasteiger charge is 2.13. The first-order valence-corrected chi connectivity index (χ1v) is 5.43. The fourth-order valence-corrected chi connectivity index (χ4v) is 2.21. The molecule has 0 radical (unpaired) electrons. The van der Waals surface area contributed by atoms with Gasteiger partial charge < -0.3 is 17.2 Å². The third-order valence-corrected chi connectivity index (χ3v) is 3.11. The van der Waals surface area contributed by atoms with Crippen LogP contribution in [0.2, 0.25) is 0 Å². The molecule has 0 aromatic heterocycles. The van der Waals surface area contributed by atoms with Gasteiger partial charge in [0.1, 0.15) is 0 Å². The van der Waals surface area contributed by atoms with E-state index in [1.807, 2.05) is 36.4 Å². The van der Waals surface area contributed by atoms with Gasteiger partial charge in [-0.25, -0.2) is 0 Å². The number of anilines is 3. The highest BCUT2D eigenvalue weighted by Crippen LogP contribution is 2.39. The third-order valence-electron chi connectivity index (χ3n) is 3.11. The first-order chi connectivity index (χ1) is 8.16. The summed E-state index contributed by atoms with van der Waals surface area (Å²) in [5.74, 6) is 0. The van der Waals surface area contributed by atoms with E-state index >= 15 is 0 Å². The van der Waals surface area contributed by atoms with Crippen molar-refractivity contribution < 1.29 is 0 Å². The number of fused-ring (bicyclic) bond motifs is 2. The number of hydrogen-bond acceptors (Lipinski definition) is 3. The van der Waals surface area contributed by atoms with Crippen LogP contribution < -0.4 is 17.2 Å². The summed E-state index contributed by atoms with van der Waals surface area (Å²) in [7, 11) is 0. The molecule has 0 aromatic rings. The van der Waals surface area contributed by atoms with Crippen molar-refractivity contribution in [2.75, 3.05) is 17.2 Å². The molecule has 0 unspecified atom stereocenters. The maximum absolute atomic E-state index is 5.96. The van der Waals surface area contributed by atoms with E-state index in [-0.39, 0.29) is 0 Å². The quantitative estimate of drug-likeness (QED) is 0.548. The standard InChI is InChI=1S/C14H13N3/c15-12-5-4-8-2-1-3-9-11(6-10(8)12)14(17)7-13(9)16/h1-7H,15-17H2. The van der Waals surface area contributed by atoms with Crippen LogP contribution in [0, 0.1) is 0 Å². The lowest BCUT2D eigenvalue weighted by molar-refractivity contribution is 1.69. The summed E-state index contributed by atoms with van der Waals surface area (Å²) in [6, 6.07) is 13.7. The molecule has 3 nitrogen and oxygen atoms in total. The van der Waals surface area contributed by atoms with Crippen LogP contribution in [-0.2, 0) is 0 Å². The molecule has 0 amide bonds. The van der Waals surface area contributed by atoms with Gasteiger partial charge in [-0.3, -0.25) is 0 Å². The number of rotatable bonds is 0. The summed E-state index contributed by atoms with van der Waals surface area (Å²) in [6.07, 6.45) is 0. The third kappa shape index (κ3) is 1.36. The zero-order valence-corrected chi connectivity index (χ0v) is 9.27. The van der Waals surface area contributed by atoms with Gasteiger partial charge in [-0.1, -0.05) is 24.3 Å². The molecule has 3 aliphatic carbocycles. The van der Waals surface area contributed by atoms with Crippen LogP contribution in [-0.4, -0.2) is 0 Å². The SMILES string of the molecule is Nc1ccc2cccc3c(N)cc(N)c-3cc1-2. The van der Waals surface area contributed by atoms with Gasteiger partial charge in [0.25, 0.3) is 0 Å². The lowest BCUT2D eigenvalue weighted by atomic mass is 10.0. The van der Waals surface area contributed by atoms with E-state index in [2.05, 4.69) is 0 Å². The van der Waals surface area contributed by atoms with E-state index in [0.29, 0.717) is 11.4 Å². The van der Waals surface area contributed by atoms with Crippen molar-refractivity contribution in [3.63, 3.8) is 0 Å². The van der Waals surface area contributed by atoms with E-state index in [1.165, 1.54) is 0 Å². The largest absolute Gasteiger partial charge is 0.398 e. The molecule has 17 heavy (non-hydrogen) atoms. The van der Waals surface area contributed by atoms with Crippen molar-refractivity contribution >= 4 is 17.1 Å². The van der Waals surface area contributed by atoms with E-state index in [1.54, 1.807) is 6.07 Å². The van der Waals surface area contributed by atoms with E-state index in [4.69, 9.17) is 17.2 Å². The Balaban J connectivity index is 2.41. The van der Waals surface area contributed by atoms with Gasteiger partial charge in [-0.2, -0.15) is 0 Å². The predicted molar refractivity (Wildman–Crippen MR) is 72.9 cm³/mol. The molecule has 0 fully saturated rings. The fourth-order valence-electron chi connectivity index (χ4n) is 2.21. The molecule has 0 atom stereocenters. The first-order valence-electron chi connectivity index (χ1n) is 5.43. The summed E-state index contributed by atoms with van der Waals surface area (Å²) in [5.41, 5.74) is 24.0. The molecule has 0 heterocycles. The highest BCUT2D eigenvalue weighted by molar-refractivity contribution is 5.93. The van der Waals surface area contributed by atoms with Crippen molar-refractivity contribution in [2.24, 2.45) is 0 Å². The van der Waals surface area contributed by atoms with Gasteiger partial charge in [0.05, 0.1) is 0 Å². The first kappa shape index (κ1) is 9.78. The zero-order chi connectivity index (χ0) is 12.0. The van der Waals surface area contributed by atoms with E-state index < -0.39 is 0 Å². The minimum Gasteiger partial charge on any atom is -0.398 e. The van der Waals surface area contributed by atoms with E-state index in [9.17, 15) is 0 Å². The van der Waals surface area contributed by atoms with Gasteiger partial charge in [-0.05, 0) is 23.8 Å². The summed E-state index contributed by atoms with van der Waals surface area (Å²) >= 11 is 0. The Morgan fingerprint density at radius 2 is 1.35 bits per heavy atom. The molecule has 0 bridgehead atoms. The maximum Gasteiger partial charge on any atom is 0.0415 e. The van der Waals surface area contributed by atoms with Gasteiger partial charge in [-0.15, -0.1) is 0 Å². The molecule has 0 saturated heterocycles. The normalized spacial score (nSPS) is 11.1. The minimum atomic E-state index is 0.690. The lowest BCUT2D eigenvalue weighted by Gasteiger charge is -2.03. The summed E-state index contributed by atoms with van der Waals surface area (Å²) in [4.78, 5) is 0. The Hall–Kier alpha value is -2.42. The van der Waals surface area contributed by atoms with Crippen LogP contribution in [0.25, 0.3) is 22.3 Å². The Bertz CT molecular complexity index is 646. The maximum atomic E-state index is 5.96. The molecule has 3 heteroatoms. The minimum absolute atomic E-state index is 0.690. The average Bonchev–Trinajstić information content (AvgIpc) is 2.69. The van der Waals surface area contributed by atoms with Crippen LogP contribution in [0.15, 0.2) is 42.5 Å². The second kappa shape index (κ2) is 3.28. The van der Waals surface area contributed by atoms with Crippen molar-refractivity contribution in [1.29, 1.82) is 0 Å². The molecule has 3 rings (SSSR count). The average molecular weight is 223 g/mol. The summed E-state index contributed by atoms with van der Waals surface area (Å²) < 4.78 is 0. The lowest BCUT2D eigenvalue weighted by Crippen LogP contribution is -1.87. The van der Waals surface area contributed by atoms with Gasteiger partial charge >= 0.3 is 0 Å². The highest BCUT2D eigenvalue weighted by atomic mass is 14.6. The van der Waals surface area contributed by atoms with Crippen molar-refractivity contribution in [3.05, 3.63) is 42.5 Å². The summed E-state index contributed by atoms with van der Waals surface area (Å²) in [5, 5.41) is 0. The molecule has 0 aliphatic heterocycles. The molecule has 84 valence electrons. The molecule has 0 saturated carbocycles. The molecule has 0 aromatic carbocycles. The number of hydrogen-bond donors (Lipinski definition) is 3. The molecule has 3 aliphatic rings. The second-order valence-corrected chi connectivity index (χ2v) is 4.21. The number of nitrogens with two attached hydrogens (primary N) is 3. The molecule has 0 spiro atoms. The molecule has 6 N–H and O–H groups in total. The van der Waals surface area contributed by atoms with Crippen LogP contribution in [0.5, 0.6) is 0 Å². The van der Waals surface area contributed by atoms with Crippen molar-refractivity contribution in [1.82, 2.24) is 0 Å².